The predicted octanol–water partition coefficient (Wildman–Crippen LogP) is 1.56. The van der Waals surface area contributed by atoms with Crippen molar-refractivity contribution in [3.8, 4) is 0 Å². The molecule has 26 heavy (non-hydrogen) atoms. The summed E-state index contributed by atoms with van der Waals surface area (Å²) in [7, 11) is 0. The molecule has 1 aliphatic heterocycles. The van der Waals surface area contributed by atoms with Gasteiger partial charge in [-0.15, -0.1) is 0 Å². The van der Waals surface area contributed by atoms with E-state index in [2.05, 4.69) is 9.88 Å². The van der Waals surface area contributed by atoms with Crippen LogP contribution in [0.5, 0.6) is 0 Å². The number of nitrogens with zero attached hydrogens (tertiary/aromatic N) is 3. The molecule has 2 heterocycles. The zero-order valence-corrected chi connectivity index (χ0v) is 14.2. The molecule has 7 nitrogen and oxygen atoms in total. The Bertz CT molecular complexity index is 799. The maximum absolute atomic E-state index is 12.9. The van der Waals surface area contributed by atoms with Crippen molar-refractivity contribution in [2.24, 2.45) is 0 Å². The molecule has 1 saturated heterocycles. The fourth-order valence-corrected chi connectivity index (χ4v) is 2.93. The molecule has 0 aliphatic carbocycles. The monoisotopic (exact) mass is 352 g/mol. The Balaban J connectivity index is 1.69. The summed E-state index contributed by atoms with van der Waals surface area (Å²) in [6, 6.07) is 11.0. The van der Waals surface area contributed by atoms with Gasteiger partial charge in [0.05, 0.1) is 0 Å². The molecule has 3 rings (SSSR count). The van der Waals surface area contributed by atoms with Crippen molar-refractivity contribution in [3.05, 3.63) is 66.0 Å². The van der Waals surface area contributed by atoms with Crippen LogP contribution in [0, 0.1) is 0 Å². The Hall–Kier alpha value is -3.19. The van der Waals surface area contributed by atoms with E-state index in [1.165, 1.54) is 17.6 Å². The summed E-state index contributed by atoms with van der Waals surface area (Å²) in [4.78, 5) is 32.1. The molecule has 2 N–H and O–H groups in total. The first-order valence-electron chi connectivity index (χ1n) is 8.34. The van der Waals surface area contributed by atoms with Gasteiger partial charge in [0.2, 0.25) is 0 Å². The van der Waals surface area contributed by atoms with Crippen molar-refractivity contribution in [1.29, 1.82) is 0 Å². The lowest BCUT2D eigenvalue weighted by Crippen LogP contribution is -2.48. The first kappa shape index (κ1) is 17.6. The van der Waals surface area contributed by atoms with Crippen LogP contribution < -0.4 is 10.4 Å². The van der Waals surface area contributed by atoms with Crippen molar-refractivity contribution >= 4 is 23.6 Å². The number of carbonyl (C=O) groups is 2. The summed E-state index contributed by atoms with van der Waals surface area (Å²) in [5.41, 5.74) is 3.81. The average molecular weight is 352 g/mol. The number of benzene rings is 1. The summed E-state index contributed by atoms with van der Waals surface area (Å²) in [5, 5.41) is 8.58. The minimum absolute atomic E-state index is 0.0657. The van der Waals surface area contributed by atoms with Gasteiger partial charge in [-0.3, -0.25) is 19.8 Å². The van der Waals surface area contributed by atoms with Gasteiger partial charge in [0, 0.05) is 55.9 Å². The van der Waals surface area contributed by atoms with Crippen molar-refractivity contribution in [2.45, 2.75) is 0 Å². The number of nitrogens with one attached hydrogen (secondary N) is 1. The van der Waals surface area contributed by atoms with E-state index < -0.39 is 5.91 Å². The van der Waals surface area contributed by atoms with Crippen molar-refractivity contribution in [1.82, 2.24) is 15.4 Å². The SMILES string of the molecule is O=C(C=Cc1ccccc1C(=O)N1CCN(c2ccncc2)CC1)NO. The number of anilines is 1. The molecule has 2 amide bonds. The Labute approximate surface area is 151 Å². The zero-order valence-electron chi connectivity index (χ0n) is 14.2. The molecule has 1 aliphatic rings. The van der Waals surface area contributed by atoms with Crippen LogP contribution in [-0.4, -0.2) is 53.1 Å². The van der Waals surface area contributed by atoms with Crippen LogP contribution in [0.2, 0.25) is 0 Å². The molecule has 0 bridgehead atoms. The van der Waals surface area contributed by atoms with Crippen LogP contribution in [0.4, 0.5) is 5.69 Å². The second-order valence-corrected chi connectivity index (χ2v) is 5.88. The second kappa shape index (κ2) is 8.26. The number of rotatable bonds is 4. The number of piperazine rings is 1. The quantitative estimate of drug-likeness (QED) is 0.495. The van der Waals surface area contributed by atoms with E-state index in [1.54, 1.807) is 36.7 Å². The molecule has 0 atom stereocenters. The first-order chi connectivity index (χ1) is 12.7. The lowest BCUT2D eigenvalue weighted by atomic mass is 10.1. The van der Waals surface area contributed by atoms with Gasteiger partial charge in [0.25, 0.3) is 11.8 Å². The smallest absolute Gasteiger partial charge is 0.267 e. The molecular formula is C19H20N4O3. The number of hydrogen-bond donors (Lipinski definition) is 2. The largest absolute Gasteiger partial charge is 0.368 e. The van der Waals surface area contributed by atoms with Gasteiger partial charge in [-0.25, -0.2) is 5.48 Å². The van der Waals surface area contributed by atoms with Gasteiger partial charge in [0.1, 0.15) is 0 Å². The first-order valence-corrected chi connectivity index (χ1v) is 8.34. The van der Waals surface area contributed by atoms with Gasteiger partial charge in [-0.1, -0.05) is 18.2 Å². The third kappa shape index (κ3) is 4.07. The Morgan fingerprint density at radius 1 is 1.04 bits per heavy atom. The third-order valence-electron chi connectivity index (χ3n) is 4.31. The fraction of sp³-hybridized carbons (Fsp3) is 0.211. The third-order valence-corrected chi connectivity index (χ3v) is 4.31. The molecule has 1 aromatic carbocycles. The highest BCUT2D eigenvalue weighted by Gasteiger charge is 2.23. The molecule has 0 radical (unpaired) electrons. The summed E-state index contributed by atoms with van der Waals surface area (Å²) in [6.45, 7) is 2.74. The van der Waals surface area contributed by atoms with E-state index in [4.69, 9.17) is 5.21 Å². The normalized spacial score (nSPS) is 14.5. The topological polar surface area (TPSA) is 85.8 Å². The average Bonchev–Trinajstić information content (AvgIpc) is 2.72. The zero-order chi connectivity index (χ0) is 18.4. The molecule has 0 saturated carbocycles. The van der Waals surface area contributed by atoms with Gasteiger partial charge in [-0.2, -0.15) is 0 Å². The summed E-state index contributed by atoms with van der Waals surface area (Å²) >= 11 is 0. The molecule has 0 unspecified atom stereocenters. The van der Waals surface area contributed by atoms with Crippen LogP contribution in [0.3, 0.4) is 0 Å². The van der Waals surface area contributed by atoms with E-state index >= 15 is 0 Å². The van der Waals surface area contributed by atoms with E-state index in [9.17, 15) is 9.59 Å². The fourth-order valence-electron chi connectivity index (χ4n) is 2.93. The summed E-state index contributed by atoms with van der Waals surface area (Å²) < 4.78 is 0. The lowest BCUT2D eigenvalue weighted by molar-refractivity contribution is -0.124. The maximum Gasteiger partial charge on any atom is 0.267 e. The number of pyridine rings is 1. The number of amides is 2. The van der Waals surface area contributed by atoms with Crippen LogP contribution in [0.25, 0.3) is 6.08 Å². The molecule has 0 spiro atoms. The highest BCUT2D eigenvalue weighted by atomic mass is 16.5. The summed E-state index contributed by atoms with van der Waals surface area (Å²) in [6.07, 6.45) is 6.23. The van der Waals surface area contributed by atoms with Crippen LogP contribution in [0.1, 0.15) is 15.9 Å². The highest BCUT2D eigenvalue weighted by molar-refractivity contribution is 5.99. The number of aromatic nitrogens is 1. The number of hydrogen-bond acceptors (Lipinski definition) is 5. The van der Waals surface area contributed by atoms with Gasteiger partial charge >= 0.3 is 0 Å². The molecule has 2 aromatic rings. The van der Waals surface area contributed by atoms with Crippen LogP contribution >= 0.6 is 0 Å². The second-order valence-electron chi connectivity index (χ2n) is 5.88. The molecule has 7 heteroatoms. The van der Waals surface area contributed by atoms with Crippen LogP contribution in [-0.2, 0) is 4.79 Å². The Morgan fingerprint density at radius 3 is 2.42 bits per heavy atom. The van der Waals surface area contributed by atoms with Gasteiger partial charge in [0.15, 0.2) is 0 Å². The van der Waals surface area contributed by atoms with Gasteiger partial charge in [-0.05, 0) is 29.8 Å². The molecule has 1 fully saturated rings. The number of carbonyl (C=O) groups excluding carboxylic acids is 2. The standard InChI is InChI=1S/C19H20N4O3/c24-18(21-26)6-5-15-3-1-2-4-17(15)19(25)23-13-11-22(12-14-23)16-7-9-20-10-8-16/h1-10,26H,11-14H2,(H,21,24). The minimum Gasteiger partial charge on any atom is -0.368 e. The van der Waals surface area contributed by atoms with Crippen LogP contribution in [0.15, 0.2) is 54.9 Å². The van der Waals surface area contributed by atoms with E-state index in [-0.39, 0.29) is 5.91 Å². The van der Waals surface area contributed by atoms with Crippen molar-refractivity contribution in [3.63, 3.8) is 0 Å². The minimum atomic E-state index is -0.641. The van der Waals surface area contributed by atoms with Crippen molar-refractivity contribution in [2.75, 3.05) is 31.1 Å². The van der Waals surface area contributed by atoms with Crippen molar-refractivity contribution < 1.29 is 14.8 Å². The molecular weight excluding hydrogens is 332 g/mol. The Morgan fingerprint density at radius 2 is 1.73 bits per heavy atom. The van der Waals surface area contributed by atoms with E-state index in [1.807, 2.05) is 17.0 Å². The molecule has 134 valence electrons. The van der Waals surface area contributed by atoms with E-state index in [0.29, 0.717) is 24.2 Å². The predicted molar refractivity (Wildman–Crippen MR) is 97.8 cm³/mol. The van der Waals surface area contributed by atoms with E-state index in [0.717, 1.165) is 18.8 Å². The van der Waals surface area contributed by atoms with Gasteiger partial charge < -0.3 is 9.80 Å². The highest BCUT2D eigenvalue weighted by Crippen LogP contribution is 2.18. The number of hydroxylamine groups is 1. The summed E-state index contributed by atoms with van der Waals surface area (Å²) in [5.74, 6) is -0.706. The molecule has 1 aromatic heterocycles. The lowest BCUT2D eigenvalue weighted by Gasteiger charge is -2.36. The Kier molecular flexibility index (Phi) is 5.60. The maximum atomic E-state index is 12.9.